The number of hydrogen-bond donors (Lipinski definition) is 1. The van der Waals surface area contributed by atoms with E-state index in [0.29, 0.717) is 0 Å². The summed E-state index contributed by atoms with van der Waals surface area (Å²) in [7, 11) is 2.02. The van der Waals surface area contributed by atoms with Gasteiger partial charge in [-0.1, -0.05) is 28.1 Å². The highest BCUT2D eigenvalue weighted by Crippen LogP contribution is 2.33. The summed E-state index contributed by atoms with van der Waals surface area (Å²) in [5.74, 6) is 0.264. The van der Waals surface area contributed by atoms with E-state index < -0.39 is 0 Å². The van der Waals surface area contributed by atoms with Crippen molar-refractivity contribution in [1.82, 2.24) is 9.13 Å². The second-order valence-corrected chi connectivity index (χ2v) is 6.14. The van der Waals surface area contributed by atoms with E-state index in [2.05, 4.69) is 38.7 Å². The molecule has 104 valence electrons. The molecule has 3 nitrogen and oxygen atoms in total. The third-order valence-corrected chi connectivity index (χ3v) is 4.40. The molecule has 2 heterocycles. The summed E-state index contributed by atoms with van der Waals surface area (Å²) in [5.41, 5.74) is 2.10. The molecule has 1 N–H and O–H groups in total. The molecule has 0 aliphatic carbocycles. The number of rotatable bonds is 1. The molecule has 21 heavy (non-hydrogen) atoms. The molecule has 4 rings (SSSR count). The normalized spacial score (nSPS) is 11.5. The zero-order valence-electron chi connectivity index (χ0n) is 11.4. The van der Waals surface area contributed by atoms with Gasteiger partial charge in [-0.3, -0.25) is 4.57 Å². The lowest BCUT2D eigenvalue weighted by Crippen LogP contribution is -1.92. The van der Waals surface area contributed by atoms with Crippen molar-refractivity contribution in [3.63, 3.8) is 0 Å². The molecule has 4 heteroatoms. The van der Waals surface area contributed by atoms with Gasteiger partial charge in [0.25, 0.3) is 0 Å². The van der Waals surface area contributed by atoms with E-state index in [-0.39, 0.29) is 5.88 Å². The topological polar surface area (TPSA) is 30.1 Å². The van der Waals surface area contributed by atoms with Crippen LogP contribution >= 0.6 is 15.9 Å². The van der Waals surface area contributed by atoms with Crippen LogP contribution in [0.25, 0.3) is 27.4 Å². The van der Waals surface area contributed by atoms with E-state index in [1.807, 2.05) is 48.3 Å². The Morgan fingerprint density at radius 2 is 1.81 bits per heavy atom. The third kappa shape index (κ3) is 1.87. The monoisotopic (exact) mass is 340 g/mol. The quantitative estimate of drug-likeness (QED) is 0.539. The van der Waals surface area contributed by atoms with E-state index >= 15 is 0 Å². The van der Waals surface area contributed by atoms with Gasteiger partial charge in [0.15, 0.2) is 0 Å². The number of aromatic hydroxyl groups is 1. The van der Waals surface area contributed by atoms with E-state index in [1.165, 1.54) is 5.39 Å². The van der Waals surface area contributed by atoms with Crippen LogP contribution in [-0.2, 0) is 7.05 Å². The first-order valence-corrected chi connectivity index (χ1v) is 7.48. The molecule has 0 atom stereocenters. The largest absolute Gasteiger partial charge is 0.494 e. The van der Waals surface area contributed by atoms with Gasteiger partial charge in [0.2, 0.25) is 5.88 Å². The summed E-state index contributed by atoms with van der Waals surface area (Å²) < 4.78 is 4.86. The Morgan fingerprint density at radius 3 is 2.67 bits per heavy atom. The number of aromatic nitrogens is 2. The number of benzene rings is 2. The maximum Gasteiger partial charge on any atom is 0.203 e. The molecule has 0 bridgehead atoms. The molecule has 0 fully saturated rings. The van der Waals surface area contributed by atoms with Crippen molar-refractivity contribution in [2.45, 2.75) is 0 Å². The fourth-order valence-electron chi connectivity index (χ4n) is 2.76. The average Bonchev–Trinajstić information content (AvgIpc) is 3.01. The smallest absolute Gasteiger partial charge is 0.203 e. The molecule has 0 spiro atoms. The highest BCUT2D eigenvalue weighted by atomic mass is 79.9. The van der Waals surface area contributed by atoms with Gasteiger partial charge in [-0.25, -0.2) is 0 Å². The van der Waals surface area contributed by atoms with Gasteiger partial charge >= 0.3 is 0 Å². The highest BCUT2D eigenvalue weighted by Gasteiger charge is 2.11. The van der Waals surface area contributed by atoms with E-state index in [9.17, 15) is 5.11 Å². The number of fused-ring (bicyclic) bond motifs is 2. The lowest BCUT2D eigenvalue weighted by Gasteiger charge is -2.06. The van der Waals surface area contributed by atoms with Crippen LogP contribution in [0.15, 0.2) is 59.3 Å². The van der Waals surface area contributed by atoms with Gasteiger partial charge in [-0.15, -0.1) is 0 Å². The maximum atomic E-state index is 10.5. The van der Waals surface area contributed by atoms with Crippen LogP contribution in [0.4, 0.5) is 0 Å². The van der Waals surface area contributed by atoms with Gasteiger partial charge < -0.3 is 9.67 Å². The Kier molecular flexibility index (Phi) is 2.62. The van der Waals surface area contributed by atoms with Crippen LogP contribution in [0.3, 0.4) is 0 Å². The van der Waals surface area contributed by atoms with Gasteiger partial charge in [-0.05, 0) is 35.7 Å². The van der Waals surface area contributed by atoms with Crippen LogP contribution < -0.4 is 0 Å². The van der Waals surface area contributed by atoms with Crippen LogP contribution in [0.2, 0.25) is 0 Å². The number of aryl methyl sites for hydroxylation is 1. The van der Waals surface area contributed by atoms with Crippen molar-refractivity contribution in [2.24, 2.45) is 7.05 Å². The first-order chi connectivity index (χ1) is 10.1. The van der Waals surface area contributed by atoms with Crippen molar-refractivity contribution in [3.8, 4) is 11.6 Å². The molecule has 0 aliphatic heterocycles. The molecule has 0 amide bonds. The van der Waals surface area contributed by atoms with E-state index in [0.717, 1.165) is 26.4 Å². The zero-order valence-corrected chi connectivity index (χ0v) is 13.0. The fourth-order valence-corrected chi connectivity index (χ4v) is 3.12. The van der Waals surface area contributed by atoms with Gasteiger partial charge in [0, 0.05) is 40.2 Å². The summed E-state index contributed by atoms with van der Waals surface area (Å²) in [6, 6.07) is 14.2. The standard InChI is InChI=1S/C17H13BrN2O/c1-19-7-6-11-3-5-14(9-16(11)19)20-10-12-2-4-13(18)8-15(12)17(20)21/h2-10,21H,1H3. The molecule has 0 saturated heterocycles. The minimum Gasteiger partial charge on any atom is -0.494 e. The lowest BCUT2D eigenvalue weighted by atomic mass is 10.2. The SMILES string of the molecule is Cn1ccc2ccc(-n3cc4ccc(Br)cc4c3O)cc21. The summed E-state index contributed by atoms with van der Waals surface area (Å²) in [4.78, 5) is 0. The summed E-state index contributed by atoms with van der Waals surface area (Å²) >= 11 is 3.45. The second kappa shape index (κ2) is 4.40. The average molecular weight is 341 g/mol. The van der Waals surface area contributed by atoms with Crippen molar-refractivity contribution in [1.29, 1.82) is 0 Å². The van der Waals surface area contributed by atoms with Crippen molar-refractivity contribution < 1.29 is 5.11 Å². The minimum atomic E-state index is 0.264. The minimum absolute atomic E-state index is 0.264. The molecule has 0 radical (unpaired) electrons. The predicted molar refractivity (Wildman–Crippen MR) is 89.1 cm³/mol. The summed E-state index contributed by atoms with van der Waals surface area (Å²) in [5, 5.41) is 13.5. The number of halogens is 1. The molecule has 0 unspecified atom stereocenters. The summed E-state index contributed by atoms with van der Waals surface area (Å²) in [6.45, 7) is 0. The van der Waals surface area contributed by atoms with E-state index in [4.69, 9.17) is 0 Å². The number of nitrogens with zero attached hydrogens (tertiary/aromatic N) is 2. The fraction of sp³-hybridized carbons (Fsp3) is 0.0588. The van der Waals surface area contributed by atoms with Crippen molar-refractivity contribution >= 4 is 37.6 Å². The Bertz CT molecular complexity index is 981. The lowest BCUT2D eigenvalue weighted by molar-refractivity contribution is 0.448. The molecule has 0 saturated carbocycles. The van der Waals surface area contributed by atoms with Crippen LogP contribution in [0.1, 0.15) is 0 Å². The van der Waals surface area contributed by atoms with Gasteiger partial charge in [0.1, 0.15) is 0 Å². The van der Waals surface area contributed by atoms with Crippen LogP contribution in [0, 0.1) is 0 Å². The van der Waals surface area contributed by atoms with Crippen molar-refractivity contribution in [3.05, 3.63) is 59.3 Å². The predicted octanol–water partition coefficient (Wildman–Crippen LogP) is 4.59. The Hall–Kier alpha value is -2.20. The molecule has 0 aliphatic rings. The van der Waals surface area contributed by atoms with E-state index in [1.54, 1.807) is 0 Å². The Balaban J connectivity index is 1.99. The van der Waals surface area contributed by atoms with Crippen LogP contribution in [-0.4, -0.2) is 14.2 Å². The maximum absolute atomic E-state index is 10.5. The zero-order chi connectivity index (χ0) is 14.6. The summed E-state index contributed by atoms with van der Waals surface area (Å²) in [6.07, 6.45) is 4.00. The highest BCUT2D eigenvalue weighted by molar-refractivity contribution is 9.10. The van der Waals surface area contributed by atoms with Crippen molar-refractivity contribution in [2.75, 3.05) is 0 Å². The second-order valence-electron chi connectivity index (χ2n) is 5.22. The first kappa shape index (κ1) is 12.5. The Labute approximate surface area is 130 Å². The molecule has 2 aromatic carbocycles. The number of hydrogen-bond acceptors (Lipinski definition) is 1. The van der Waals surface area contributed by atoms with Crippen LogP contribution in [0.5, 0.6) is 5.88 Å². The molecule has 4 aromatic rings. The molecular weight excluding hydrogens is 328 g/mol. The van der Waals surface area contributed by atoms with Gasteiger partial charge in [0.05, 0.1) is 5.69 Å². The Morgan fingerprint density at radius 1 is 1.00 bits per heavy atom. The molecule has 2 aromatic heterocycles. The third-order valence-electron chi connectivity index (χ3n) is 3.90. The first-order valence-electron chi connectivity index (χ1n) is 6.68. The van der Waals surface area contributed by atoms with Gasteiger partial charge in [-0.2, -0.15) is 0 Å². The molecular formula is C17H13BrN2O.